The summed E-state index contributed by atoms with van der Waals surface area (Å²) in [5.74, 6) is 0. The molecule has 1 aromatic carbocycles. The van der Waals surface area contributed by atoms with Crippen LogP contribution in [0.5, 0.6) is 0 Å². The highest BCUT2D eigenvalue weighted by Gasteiger charge is 2.20. The maximum absolute atomic E-state index is 5.36. The fourth-order valence-electron chi connectivity index (χ4n) is 2.10. The van der Waals surface area contributed by atoms with Gasteiger partial charge in [-0.3, -0.25) is 0 Å². The Bertz CT molecular complexity index is 477. The van der Waals surface area contributed by atoms with Crippen LogP contribution in [0.1, 0.15) is 33.6 Å². The zero-order valence-corrected chi connectivity index (χ0v) is 14.0. The van der Waals surface area contributed by atoms with Crippen LogP contribution in [0.4, 0.5) is 11.4 Å². The first kappa shape index (κ1) is 15.6. The predicted molar refractivity (Wildman–Crippen MR) is 86.8 cm³/mol. The number of nitrogens with zero attached hydrogens (tertiary/aromatic N) is 2. The molecule has 0 saturated carbocycles. The van der Waals surface area contributed by atoms with Crippen LogP contribution < -0.4 is 9.80 Å². The van der Waals surface area contributed by atoms with Crippen LogP contribution in [0.15, 0.2) is 0 Å². The maximum atomic E-state index is 5.36. The number of rotatable bonds is 5. The van der Waals surface area contributed by atoms with Gasteiger partial charge in [0.2, 0.25) is 0 Å². The standard InChI is InChI=1S/C14H24N2S2/c1-14(2,3)8-7-9-16(6)11-10(15(4)5)12(17)13(11)18/h7-9H2,1-6H3. The first-order chi connectivity index (χ1) is 8.15. The predicted octanol–water partition coefficient (Wildman–Crippen LogP) is 4.35. The van der Waals surface area contributed by atoms with E-state index in [9.17, 15) is 0 Å². The monoisotopic (exact) mass is 284 g/mol. The second kappa shape index (κ2) is 5.66. The van der Waals surface area contributed by atoms with E-state index in [4.69, 9.17) is 24.4 Å². The zero-order valence-electron chi connectivity index (χ0n) is 12.3. The smallest absolute Gasteiger partial charge is 0.0834 e. The number of hydrogen-bond acceptors (Lipinski definition) is 4. The van der Waals surface area contributed by atoms with Gasteiger partial charge in [-0.1, -0.05) is 45.2 Å². The molecule has 2 nitrogen and oxygen atoms in total. The quantitative estimate of drug-likeness (QED) is 0.741. The topological polar surface area (TPSA) is 6.48 Å². The van der Waals surface area contributed by atoms with Crippen molar-refractivity contribution < 1.29 is 0 Å². The van der Waals surface area contributed by atoms with Crippen LogP contribution in [0.2, 0.25) is 0 Å². The Morgan fingerprint density at radius 3 is 1.89 bits per heavy atom. The van der Waals surface area contributed by atoms with Gasteiger partial charge in [-0.15, -0.1) is 0 Å². The summed E-state index contributed by atoms with van der Waals surface area (Å²) in [7, 11) is 6.15. The highest BCUT2D eigenvalue weighted by atomic mass is 32.1. The average Bonchev–Trinajstić information content (AvgIpc) is 2.21. The van der Waals surface area contributed by atoms with Crippen LogP contribution in [0, 0.1) is 14.4 Å². The highest BCUT2D eigenvalue weighted by molar-refractivity contribution is 7.74. The molecule has 0 spiro atoms. The van der Waals surface area contributed by atoms with Crippen LogP contribution in [0.3, 0.4) is 0 Å². The molecule has 0 aromatic heterocycles. The van der Waals surface area contributed by atoms with E-state index >= 15 is 0 Å². The molecule has 0 unspecified atom stereocenters. The molecule has 0 amide bonds. The van der Waals surface area contributed by atoms with Gasteiger partial charge in [-0.25, -0.2) is 0 Å². The van der Waals surface area contributed by atoms with Crippen molar-refractivity contribution in [2.75, 3.05) is 37.5 Å². The summed E-state index contributed by atoms with van der Waals surface area (Å²) in [6.45, 7) is 7.87. The molecule has 0 atom stereocenters. The second-order valence-electron chi connectivity index (χ2n) is 6.34. The summed E-state index contributed by atoms with van der Waals surface area (Å²) in [6.07, 6.45) is 2.40. The lowest BCUT2D eigenvalue weighted by Gasteiger charge is -2.29. The van der Waals surface area contributed by atoms with Crippen molar-refractivity contribution in [1.29, 1.82) is 0 Å². The largest absolute Gasteiger partial charge is 0.375 e. The first-order valence-electron chi connectivity index (χ1n) is 6.37. The lowest BCUT2D eigenvalue weighted by Crippen LogP contribution is -2.25. The SMILES string of the molecule is CN(C)c1c(N(C)CCCC(C)(C)C)c(=S)c1=S. The van der Waals surface area contributed by atoms with Gasteiger partial charge in [0, 0.05) is 27.7 Å². The normalized spacial score (nSPS) is 11.9. The number of anilines is 2. The van der Waals surface area contributed by atoms with E-state index in [1.54, 1.807) is 0 Å². The summed E-state index contributed by atoms with van der Waals surface area (Å²) < 4.78 is 1.69. The van der Waals surface area contributed by atoms with Gasteiger partial charge >= 0.3 is 0 Å². The van der Waals surface area contributed by atoms with Crippen molar-refractivity contribution in [3.05, 3.63) is 9.02 Å². The molecule has 18 heavy (non-hydrogen) atoms. The lowest BCUT2D eigenvalue weighted by molar-refractivity contribution is 0.367. The molecule has 0 aliphatic heterocycles. The van der Waals surface area contributed by atoms with Gasteiger partial charge in [0.05, 0.1) is 20.4 Å². The summed E-state index contributed by atoms with van der Waals surface area (Å²) in [5.41, 5.74) is 2.66. The molecule has 0 aliphatic rings. The van der Waals surface area contributed by atoms with Crippen LogP contribution >= 0.6 is 24.4 Å². The third-order valence-electron chi connectivity index (χ3n) is 3.11. The van der Waals surface area contributed by atoms with Gasteiger partial charge < -0.3 is 9.80 Å². The van der Waals surface area contributed by atoms with Gasteiger partial charge in [-0.05, 0) is 18.3 Å². The van der Waals surface area contributed by atoms with Gasteiger partial charge in [0.1, 0.15) is 0 Å². The molecule has 4 heteroatoms. The van der Waals surface area contributed by atoms with Crippen molar-refractivity contribution in [2.24, 2.45) is 5.41 Å². The van der Waals surface area contributed by atoms with Gasteiger partial charge in [0.25, 0.3) is 0 Å². The van der Waals surface area contributed by atoms with E-state index < -0.39 is 0 Å². The third-order valence-corrected chi connectivity index (χ3v) is 4.03. The minimum absolute atomic E-state index is 0.398. The van der Waals surface area contributed by atoms with Crippen LogP contribution in [0.25, 0.3) is 0 Å². The summed E-state index contributed by atoms with van der Waals surface area (Å²) in [5, 5.41) is 0. The third kappa shape index (κ3) is 3.51. The van der Waals surface area contributed by atoms with Crippen molar-refractivity contribution in [2.45, 2.75) is 33.6 Å². The summed E-state index contributed by atoms with van der Waals surface area (Å²) in [6, 6.07) is 0. The zero-order chi connectivity index (χ0) is 14.1. The van der Waals surface area contributed by atoms with E-state index in [1.807, 2.05) is 14.1 Å². The van der Waals surface area contributed by atoms with E-state index in [2.05, 4.69) is 37.6 Å². The molecule has 0 aliphatic carbocycles. The first-order valence-corrected chi connectivity index (χ1v) is 7.18. The molecule has 0 bridgehead atoms. The number of hydrogen-bond donors (Lipinski definition) is 0. The Morgan fingerprint density at radius 2 is 1.44 bits per heavy atom. The van der Waals surface area contributed by atoms with Crippen molar-refractivity contribution in [3.8, 4) is 0 Å². The minimum Gasteiger partial charge on any atom is -0.375 e. The van der Waals surface area contributed by atoms with E-state index in [0.29, 0.717) is 5.41 Å². The molecule has 1 rings (SSSR count). The summed E-state index contributed by atoms with van der Waals surface area (Å²) in [4.78, 5) is 4.31. The maximum Gasteiger partial charge on any atom is 0.0834 e. The fourth-order valence-corrected chi connectivity index (χ4v) is 2.82. The average molecular weight is 284 g/mol. The Hall–Kier alpha value is -0.480. The highest BCUT2D eigenvalue weighted by Crippen LogP contribution is 2.37. The molecule has 0 saturated heterocycles. The Morgan fingerprint density at radius 1 is 0.944 bits per heavy atom. The Labute approximate surface area is 121 Å². The van der Waals surface area contributed by atoms with Crippen molar-refractivity contribution >= 4 is 35.8 Å². The van der Waals surface area contributed by atoms with Gasteiger partial charge in [-0.2, -0.15) is 0 Å². The molecule has 0 heterocycles. The van der Waals surface area contributed by atoms with Crippen molar-refractivity contribution in [1.82, 2.24) is 0 Å². The Kier molecular flexibility index (Phi) is 4.90. The molecular weight excluding hydrogens is 260 g/mol. The van der Waals surface area contributed by atoms with E-state index in [1.165, 1.54) is 12.8 Å². The van der Waals surface area contributed by atoms with Gasteiger partial charge in [0.15, 0.2) is 0 Å². The molecular formula is C14H24N2S2. The molecule has 0 N–H and O–H groups in total. The van der Waals surface area contributed by atoms with Crippen LogP contribution in [-0.4, -0.2) is 27.7 Å². The fraction of sp³-hybridized carbons (Fsp3) is 0.714. The van der Waals surface area contributed by atoms with Crippen molar-refractivity contribution in [3.63, 3.8) is 0 Å². The van der Waals surface area contributed by atoms with E-state index in [0.717, 1.165) is 26.9 Å². The molecule has 102 valence electrons. The van der Waals surface area contributed by atoms with Crippen LogP contribution in [-0.2, 0) is 0 Å². The summed E-state index contributed by atoms with van der Waals surface area (Å²) >= 11 is 10.7. The van der Waals surface area contributed by atoms with E-state index in [-0.39, 0.29) is 0 Å². The Balaban J connectivity index is 2.69. The minimum atomic E-state index is 0.398. The lowest BCUT2D eigenvalue weighted by atomic mass is 9.90. The molecule has 0 radical (unpaired) electrons. The second-order valence-corrected chi connectivity index (χ2v) is 7.15. The molecule has 1 aromatic rings. The molecule has 0 fully saturated rings.